The molecule has 0 bridgehead atoms. The Bertz CT molecular complexity index is 773. The summed E-state index contributed by atoms with van der Waals surface area (Å²) >= 11 is 0. The lowest BCUT2D eigenvalue weighted by molar-refractivity contribution is -0.127. The largest absolute Gasteiger partial charge is 0.368 e. The number of nitriles is 1. The van der Waals surface area contributed by atoms with E-state index in [1.54, 1.807) is 17.0 Å². The molecule has 28 heavy (non-hydrogen) atoms. The van der Waals surface area contributed by atoms with Gasteiger partial charge < -0.3 is 20.4 Å². The first-order valence-electron chi connectivity index (χ1n) is 9.49. The third kappa shape index (κ3) is 4.87. The Hall–Kier alpha value is -2.92. The summed E-state index contributed by atoms with van der Waals surface area (Å²) in [5.41, 5.74) is 0.830. The lowest BCUT2D eigenvalue weighted by atomic mass is 9.97. The van der Waals surface area contributed by atoms with Gasteiger partial charge in [0.25, 0.3) is 5.91 Å². The van der Waals surface area contributed by atoms with Crippen molar-refractivity contribution in [3.05, 3.63) is 41.9 Å². The van der Waals surface area contributed by atoms with Crippen molar-refractivity contribution in [3.63, 3.8) is 0 Å². The number of hydrogen-bond acceptors (Lipinski definition) is 5. The van der Waals surface area contributed by atoms with Crippen LogP contribution in [0.2, 0.25) is 0 Å². The van der Waals surface area contributed by atoms with E-state index in [9.17, 15) is 19.2 Å². The van der Waals surface area contributed by atoms with E-state index >= 15 is 0 Å². The number of nitrogens with one attached hydrogen (secondary N) is 2. The first-order valence-corrected chi connectivity index (χ1v) is 9.49. The number of halogens is 1. The van der Waals surface area contributed by atoms with Crippen molar-refractivity contribution in [1.82, 2.24) is 15.5 Å². The SMILES string of the molecule is N#C/C(=C/NC(=O)C1CCNCC1)C(=O)N1CCN(c2ccc(F)cc2)CC1. The van der Waals surface area contributed by atoms with Crippen molar-refractivity contribution in [2.45, 2.75) is 12.8 Å². The molecule has 2 heterocycles. The van der Waals surface area contributed by atoms with Crippen molar-refractivity contribution in [2.75, 3.05) is 44.2 Å². The molecular formula is C20H24FN5O2. The summed E-state index contributed by atoms with van der Waals surface area (Å²) in [6.45, 7) is 3.69. The van der Waals surface area contributed by atoms with Gasteiger partial charge in [0.1, 0.15) is 17.5 Å². The summed E-state index contributed by atoms with van der Waals surface area (Å²) in [6.07, 6.45) is 2.74. The molecule has 0 radical (unpaired) electrons. The highest BCUT2D eigenvalue weighted by Crippen LogP contribution is 2.18. The Kier molecular flexibility index (Phi) is 6.61. The molecule has 1 aromatic carbocycles. The van der Waals surface area contributed by atoms with Crippen LogP contribution in [0.3, 0.4) is 0 Å². The molecule has 0 saturated carbocycles. The topological polar surface area (TPSA) is 88.5 Å². The minimum atomic E-state index is -0.383. The summed E-state index contributed by atoms with van der Waals surface area (Å²) in [5, 5.41) is 15.1. The van der Waals surface area contributed by atoms with E-state index in [-0.39, 0.29) is 29.1 Å². The van der Waals surface area contributed by atoms with E-state index < -0.39 is 0 Å². The normalized spacial score (nSPS) is 18.5. The summed E-state index contributed by atoms with van der Waals surface area (Å²) in [5.74, 6) is -0.908. The van der Waals surface area contributed by atoms with Crippen LogP contribution in [-0.4, -0.2) is 56.0 Å². The fourth-order valence-electron chi connectivity index (χ4n) is 3.48. The van der Waals surface area contributed by atoms with Gasteiger partial charge in [-0.2, -0.15) is 5.26 Å². The van der Waals surface area contributed by atoms with Gasteiger partial charge in [-0.25, -0.2) is 4.39 Å². The second-order valence-electron chi connectivity index (χ2n) is 6.96. The van der Waals surface area contributed by atoms with E-state index in [0.29, 0.717) is 26.2 Å². The van der Waals surface area contributed by atoms with E-state index in [2.05, 4.69) is 15.5 Å². The molecule has 3 rings (SSSR count). The Morgan fingerprint density at radius 2 is 1.79 bits per heavy atom. The van der Waals surface area contributed by atoms with Gasteiger partial charge in [-0.05, 0) is 50.2 Å². The molecule has 2 N–H and O–H groups in total. The molecule has 0 aromatic heterocycles. The van der Waals surface area contributed by atoms with Crippen LogP contribution in [-0.2, 0) is 9.59 Å². The molecule has 0 unspecified atom stereocenters. The van der Waals surface area contributed by atoms with Gasteiger partial charge in [-0.3, -0.25) is 9.59 Å². The molecule has 8 heteroatoms. The van der Waals surface area contributed by atoms with Crippen molar-refractivity contribution >= 4 is 17.5 Å². The molecule has 2 aliphatic rings. The molecule has 7 nitrogen and oxygen atoms in total. The smallest absolute Gasteiger partial charge is 0.266 e. The number of carbonyl (C=O) groups excluding carboxylic acids is 2. The average Bonchev–Trinajstić information content (AvgIpc) is 2.75. The van der Waals surface area contributed by atoms with E-state index in [1.807, 2.05) is 6.07 Å². The molecule has 2 saturated heterocycles. The van der Waals surface area contributed by atoms with Gasteiger partial charge in [0.15, 0.2) is 0 Å². The first-order chi connectivity index (χ1) is 13.6. The number of piperazine rings is 1. The molecule has 2 amide bonds. The summed E-state index contributed by atoms with van der Waals surface area (Å²) in [6, 6.07) is 8.14. The number of rotatable bonds is 4. The van der Waals surface area contributed by atoms with Crippen LogP contribution in [0.4, 0.5) is 10.1 Å². The van der Waals surface area contributed by atoms with Crippen molar-refractivity contribution in [3.8, 4) is 6.07 Å². The zero-order chi connectivity index (χ0) is 19.9. The zero-order valence-corrected chi connectivity index (χ0v) is 15.7. The molecule has 2 fully saturated rings. The zero-order valence-electron chi connectivity index (χ0n) is 15.7. The van der Waals surface area contributed by atoms with Gasteiger partial charge >= 0.3 is 0 Å². The van der Waals surface area contributed by atoms with Gasteiger partial charge in [0.2, 0.25) is 5.91 Å². The Morgan fingerprint density at radius 1 is 1.14 bits per heavy atom. The van der Waals surface area contributed by atoms with Gasteiger partial charge in [-0.15, -0.1) is 0 Å². The standard InChI is InChI=1S/C20H24FN5O2/c21-17-1-3-18(4-2-17)25-9-11-26(12-10-25)20(28)16(13-22)14-24-19(27)15-5-7-23-8-6-15/h1-4,14-15,23H,5-12H2,(H,24,27)/b16-14-. The molecular weight excluding hydrogens is 361 g/mol. The Labute approximate surface area is 163 Å². The lowest BCUT2D eigenvalue weighted by Crippen LogP contribution is -2.49. The van der Waals surface area contributed by atoms with E-state index in [4.69, 9.17) is 0 Å². The predicted molar refractivity (Wildman–Crippen MR) is 103 cm³/mol. The summed E-state index contributed by atoms with van der Waals surface area (Å²) in [4.78, 5) is 28.5. The highest BCUT2D eigenvalue weighted by Gasteiger charge is 2.25. The molecule has 1 aromatic rings. The van der Waals surface area contributed by atoms with Crippen molar-refractivity contribution < 1.29 is 14.0 Å². The van der Waals surface area contributed by atoms with Crippen LogP contribution in [0.25, 0.3) is 0 Å². The second kappa shape index (κ2) is 9.33. The number of amides is 2. The van der Waals surface area contributed by atoms with Crippen LogP contribution < -0.4 is 15.5 Å². The fraction of sp³-hybridized carbons (Fsp3) is 0.450. The molecule has 0 aliphatic carbocycles. The maximum Gasteiger partial charge on any atom is 0.266 e. The second-order valence-corrected chi connectivity index (χ2v) is 6.96. The Balaban J connectivity index is 1.54. The quantitative estimate of drug-likeness (QED) is 0.596. The molecule has 148 valence electrons. The van der Waals surface area contributed by atoms with Gasteiger partial charge in [0.05, 0.1) is 0 Å². The predicted octanol–water partition coefficient (Wildman–Crippen LogP) is 0.998. The third-order valence-corrected chi connectivity index (χ3v) is 5.18. The first kappa shape index (κ1) is 19.8. The summed E-state index contributed by atoms with van der Waals surface area (Å²) in [7, 11) is 0. The van der Waals surface area contributed by atoms with Crippen LogP contribution in [0.5, 0.6) is 0 Å². The van der Waals surface area contributed by atoms with Crippen LogP contribution in [0.15, 0.2) is 36.0 Å². The van der Waals surface area contributed by atoms with E-state index in [1.165, 1.54) is 18.3 Å². The number of benzene rings is 1. The summed E-state index contributed by atoms with van der Waals surface area (Å²) < 4.78 is 13.1. The minimum Gasteiger partial charge on any atom is -0.368 e. The number of piperidine rings is 1. The van der Waals surface area contributed by atoms with E-state index in [0.717, 1.165) is 31.6 Å². The highest BCUT2D eigenvalue weighted by molar-refractivity contribution is 5.98. The molecule has 2 aliphatic heterocycles. The van der Waals surface area contributed by atoms with Crippen LogP contribution in [0, 0.1) is 23.1 Å². The highest BCUT2D eigenvalue weighted by atomic mass is 19.1. The Morgan fingerprint density at radius 3 is 2.39 bits per heavy atom. The molecule has 0 spiro atoms. The van der Waals surface area contributed by atoms with Crippen LogP contribution in [0.1, 0.15) is 12.8 Å². The number of nitrogens with zero attached hydrogens (tertiary/aromatic N) is 3. The van der Waals surface area contributed by atoms with Crippen molar-refractivity contribution in [1.29, 1.82) is 5.26 Å². The fourth-order valence-corrected chi connectivity index (χ4v) is 3.48. The van der Waals surface area contributed by atoms with Crippen LogP contribution >= 0.6 is 0 Å². The number of carbonyl (C=O) groups is 2. The van der Waals surface area contributed by atoms with Crippen molar-refractivity contribution in [2.24, 2.45) is 5.92 Å². The lowest BCUT2D eigenvalue weighted by Gasteiger charge is -2.36. The average molecular weight is 385 g/mol. The maximum atomic E-state index is 13.1. The van der Waals surface area contributed by atoms with Gasteiger partial charge in [-0.1, -0.05) is 0 Å². The third-order valence-electron chi connectivity index (χ3n) is 5.18. The monoisotopic (exact) mass is 385 g/mol. The number of anilines is 1. The number of hydrogen-bond donors (Lipinski definition) is 2. The molecule has 0 atom stereocenters. The maximum absolute atomic E-state index is 13.1. The minimum absolute atomic E-state index is 0.0717. The van der Waals surface area contributed by atoms with Gasteiger partial charge in [0, 0.05) is 44.0 Å².